The topological polar surface area (TPSA) is 84.0 Å². The molecule has 0 unspecified atom stereocenters. The Bertz CT molecular complexity index is 1180. The summed E-state index contributed by atoms with van der Waals surface area (Å²) in [7, 11) is 0. The number of carbonyl (C=O) groups excluding carboxylic acids is 4. The Balaban J connectivity index is 1.16. The largest absolute Gasteiger partial charge is 0.426 e. The second-order valence-electron chi connectivity index (χ2n) is 9.70. The van der Waals surface area contributed by atoms with E-state index < -0.39 is 17.7 Å². The van der Waals surface area contributed by atoms with Crippen LogP contribution in [0.5, 0.6) is 5.75 Å². The molecule has 7 nitrogen and oxygen atoms in total. The van der Waals surface area contributed by atoms with Gasteiger partial charge in [-0.1, -0.05) is 6.07 Å². The quantitative estimate of drug-likeness (QED) is 0.396. The number of fused-ring (bicyclic) bond motifs is 5. The van der Waals surface area contributed by atoms with Crippen molar-refractivity contribution in [2.45, 2.75) is 25.7 Å². The predicted octanol–water partition coefficient (Wildman–Crippen LogP) is 3.32. The molecule has 3 amide bonds. The lowest BCUT2D eigenvalue weighted by molar-refractivity contribution is -0.139. The molecule has 4 fully saturated rings. The normalized spacial score (nSPS) is 29.8. The number of imide groups is 1. The third-order valence-corrected chi connectivity index (χ3v) is 7.82. The maximum Gasteiger partial charge on any atom is 0.316 e. The SMILES string of the molecule is O=C(Oc1cccc(N2C(=O)[C@@H]3[C@H]4CC[C@@H](C4)[C@@H]3C2=O)c1)[C@H]1CC(=O)N(c2ccc(F)cc2)C1. The molecule has 174 valence electrons. The van der Waals surface area contributed by atoms with Crippen LogP contribution in [0.2, 0.25) is 0 Å². The van der Waals surface area contributed by atoms with Crippen molar-refractivity contribution in [1.29, 1.82) is 0 Å². The van der Waals surface area contributed by atoms with Gasteiger partial charge in [0.15, 0.2) is 0 Å². The smallest absolute Gasteiger partial charge is 0.316 e. The highest BCUT2D eigenvalue weighted by Crippen LogP contribution is 2.56. The average molecular weight is 462 g/mol. The second kappa shape index (κ2) is 7.75. The van der Waals surface area contributed by atoms with Crippen molar-refractivity contribution in [2.24, 2.45) is 29.6 Å². The molecule has 5 atom stereocenters. The first-order valence-electron chi connectivity index (χ1n) is 11.7. The van der Waals surface area contributed by atoms with E-state index in [0.717, 1.165) is 19.3 Å². The molecule has 2 saturated carbocycles. The van der Waals surface area contributed by atoms with E-state index in [1.54, 1.807) is 18.2 Å². The number of benzene rings is 2. The van der Waals surface area contributed by atoms with Crippen LogP contribution in [0.3, 0.4) is 0 Å². The number of halogens is 1. The fourth-order valence-electron chi connectivity index (χ4n) is 6.28. The van der Waals surface area contributed by atoms with E-state index in [1.807, 2.05) is 0 Å². The third-order valence-electron chi connectivity index (χ3n) is 7.82. The van der Waals surface area contributed by atoms with Crippen molar-refractivity contribution in [1.82, 2.24) is 0 Å². The molecule has 2 heterocycles. The zero-order valence-corrected chi connectivity index (χ0v) is 18.4. The summed E-state index contributed by atoms with van der Waals surface area (Å²) in [6, 6.07) is 12.0. The van der Waals surface area contributed by atoms with Crippen molar-refractivity contribution in [2.75, 3.05) is 16.3 Å². The van der Waals surface area contributed by atoms with Gasteiger partial charge in [-0.25, -0.2) is 9.29 Å². The first kappa shape index (κ1) is 21.0. The Labute approximate surface area is 195 Å². The van der Waals surface area contributed by atoms with E-state index in [0.29, 0.717) is 23.2 Å². The van der Waals surface area contributed by atoms with Crippen LogP contribution in [-0.4, -0.2) is 30.2 Å². The van der Waals surface area contributed by atoms with Gasteiger partial charge in [-0.2, -0.15) is 0 Å². The van der Waals surface area contributed by atoms with Gasteiger partial charge in [0.25, 0.3) is 0 Å². The van der Waals surface area contributed by atoms with Crippen LogP contribution in [0.1, 0.15) is 25.7 Å². The molecule has 4 aliphatic rings. The van der Waals surface area contributed by atoms with Crippen LogP contribution in [0.25, 0.3) is 0 Å². The van der Waals surface area contributed by atoms with Crippen molar-refractivity contribution in [3.8, 4) is 5.75 Å². The molecule has 2 aromatic carbocycles. The molecule has 0 aromatic heterocycles. The Morgan fingerprint density at radius 3 is 2.26 bits per heavy atom. The monoisotopic (exact) mass is 462 g/mol. The second-order valence-corrected chi connectivity index (χ2v) is 9.70. The summed E-state index contributed by atoms with van der Waals surface area (Å²) in [5, 5.41) is 0. The number of nitrogens with zero attached hydrogens (tertiary/aromatic N) is 2. The summed E-state index contributed by atoms with van der Waals surface area (Å²) in [6.07, 6.45) is 2.97. The van der Waals surface area contributed by atoms with Gasteiger partial charge in [0.1, 0.15) is 11.6 Å². The van der Waals surface area contributed by atoms with Crippen LogP contribution < -0.4 is 14.5 Å². The van der Waals surface area contributed by atoms with Crippen LogP contribution in [0.4, 0.5) is 15.8 Å². The molecule has 2 aliphatic heterocycles. The van der Waals surface area contributed by atoms with Crippen LogP contribution in [0.15, 0.2) is 48.5 Å². The molecular formula is C26H23FN2O5. The summed E-state index contributed by atoms with van der Waals surface area (Å²) in [4.78, 5) is 54.1. The van der Waals surface area contributed by atoms with Gasteiger partial charge in [-0.15, -0.1) is 0 Å². The summed E-state index contributed by atoms with van der Waals surface area (Å²) in [6.45, 7) is 0.137. The predicted molar refractivity (Wildman–Crippen MR) is 119 cm³/mol. The van der Waals surface area contributed by atoms with E-state index >= 15 is 0 Å². The number of anilines is 2. The van der Waals surface area contributed by atoms with E-state index in [1.165, 1.54) is 40.1 Å². The van der Waals surface area contributed by atoms with Gasteiger partial charge in [0.05, 0.1) is 23.4 Å². The minimum absolute atomic E-state index is 0.00880. The summed E-state index contributed by atoms with van der Waals surface area (Å²) < 4.78 is 18.7. The third kappa shape index (κ3) is 3.23. The molecule has 0 radical (unpaired) electrons. The van der Waals surface area contributed by atoms with Crippen molar-refractivity contribution < 1.29 is 28.3 Å². The zero-order valence-electron chi connectivity index (χ0n) is 18.4. The molecule has 34 heavy (non-hydrogen) atoms. The highest BCUT2D eigenvalue weighted by Gasteiger charge is 2.61. The van der Waals surface area contributed by atoms with Gasteiger partial charge in [-0.05, 0) is 67.5 Å². The molecule has 2 aromatic rings. The molecule has 8 heteroatoms. The minimum Gasteiger partial charge on any atom is -0.426 e. The van der Waals surface area contributed by atoms with Crippen LogP contribution in [0, 0.1) is 35.4 Å². The lowest BCUT2D eigenvalue weighted by Crippen LogP contribution is -2.32. The van der Waals surface area contributed by atoms with Crippen molar-refractivity contribution >= 4 is 35.1 Å². The number of hydrogen-bond acceptors (Lipinski definition) is 5. The van der Waals surface area contributed by atoms with E-state index in [9.17, 15) is 23.6 Å². The average Bonchev–Trinajstić information content (AvgIpc) is 3.58. The fourth-order valence-corrected chi connectivity index (χ4v) is 6.28. The highest BCUT2D eigenvalue weighted by atomic mass is 19.1. The maximum atomic E-state index is 13.2. The van der Waals surface area contributed by atoms with Gasteiger partial charge in [0, 0.05) is 24.7 Å². The first-order valence-corrected chi connectivity index (χ1v) is 11.7. The van der Waals surface area contributed by atoms with Crippen LogP contribution >= 0.6 is 0 Å². The number of carbonyl (C=O) groups is 4. The Morgan fingerprint density at radius 2 is 1.59 bits per heavy atom. The molecule has 2 aliphatic carbocycles. The van der Waals surface area contributed by atoms with Gasteiger partial charge in [0.2, 0.25) is 17.7 Å². The molecular weight excluding hydrogens is 439 g/mol. The fraction of sp³-hybridized carbons (Fsp3) is 0.385. The van der Waals surface area contributed by atoms with E-state index in [-0.39, 0.29) is 48.3 Å². The van der Waals surface area contributed by atoms with E-state index in [4.69, 9.17) is 4.74 Å². The summed E-state index contributed by atoms with van der Waals surface area (Å²) >= 11 is 0. The van der Waals surface area contributed by atoms with E-state index in [2.05, 4.69) is 0 Å². The number of ether oxygens (including phenoxy) is 1. The number of hydrogen-bond donors (Lipinski definition) is 0. The lowest BCUT2D eigenvalue weighted by atomic mass is 9.81. The van der Waals surface area contributed by atoms with Crippen molar-refractivity contribution in [3.05, 3.63) is 54.3 Å². The lowest BCUT2D eigenvalue weighted by Gasteiger charge is -2.19. The summed E-state index contributed by atoms with van der Waals surface area (Å²) in [5.74, 6) is -1.83. The first-order chi connectivity index (χ1) is 16.4. The van der Waals surface area contributed by atoms with Crippen molar-refractivity contribution in [3.63, 3.8) is 0 Å². The maximum absolute atomic E-state index is 13.2. The van der Waals surface area contributed by atoms with Gasteiger partial charge in [-0.3, -0.25) is 19.2 Å². The van der Waals surface area contributed by atoms with Crippen LogP contribution in [-0.2, 0) is 19.2 Å². The Morgan fingerprint density at radius 1 is 0.912 bits per heavy atom. The summed E-state index contributed by atoms with van der Waals surface area (Å²) in [5.41, 5.74) is 0.929. The molecule has 2 saturated heterocycles. The Hall–Kier alpha value is -3.55. The van der Waals surface area contributed by atoms with Gasteiger partial charge < -0.3 is 9.64 Å². The number of amides is 3. The molecule has 0 spiro atoms. The number of rotatable bonds is 4. The zero-order chi connectivity index (χ0) is 23.6. The highest BCUT2D eigenvalue weighted by molar-refractivity contribution is 6.22. The molecule has 6 rings (SSSR count). The Kier molecular flexibility index (Phi) is 4.79. The number of esters is 1. The minimum atomic E-state index is -0.675. The standard InChI is InChI=1S/C26H23FN2O5/c27-17-6-8-18(9-7-17)28-13-16(11-21(28)30)26(33)34-20-3-1-2-19(12-20)29-24(31)22-14-4-5-15(10-14)23(22)25(29)32/h1-3,6-9,12,14-16,22-23H,4-5,10-11,13H2/t14-,15-,16-,22-,23+/m0/s1. The molecule has 2 bridgehead atoms. The van der Waals surface area contributed by atoms with Gasteiger partial charge >= 0.3 is 5.97 Å². The molecule has 0 N–H and O–H groups in total.